The van der Waals surface area contributed by atoms with Crippen LogP contribution in [0.2, 0.25) is 0 Å². The van der Waals surface area contributed by atoms with E-state index in [-0.39, 0.29) is 48.0 Å². The molecule has 0 spiro atoms. The maximum Gasteiger partial charge on any atom is 0.234 e. The summed E-state index contributed by atoms with van der Waals surface area (Å²) in [6.07, 6.45) is 4.10. The number of likely N-dealkylation sites (tertiary alicyclic amines) is 1. The fourth-order valence-electron chi connectivity index (χ4n) is 6.88. The van der Waals surface area contributed by atoms with Crippen molar-refractivity contribution in [3.8, 4) is 5.75 Å². The van der Waals surface area contributed by atoms with Gasteiger partial charge in [0.2, 0.25) is 11.8 Å². The van der Waals surface area contributed by atoms with Crippen LogP contribution in [-0.2, 0) is 25.7 Å². The van der Waals surface area contributed by atoms with Crippen LogP contribution in [0.5, 0.6) is 5.75 Å². The Balaban J connectivity index is 1.47. The van der Waals surface area contributed by atoms with Crippen molar-refractivity contribution in [2.45, 2.75) is 46.1 Å². The Morgan fingerprint density at radius 2 is 1.61 bits per heavy atom. The Morgan fingerprint density at radius 1 is 0.921 bits per heavy atom. The predicted molar refractivity (Wildman–Crippen MR) is 141 cm³/mol. The van der Waals surface area contributed by atoms with Crippen molar-refractivity contribution in [2.75, 3.05) is 0 Å². The number of rotatable bonds is 3. The average molecular weight is 508 g/mol. The average Bonchev–Trinajstić information content (AvgIpc) is 3.14. The van der Waals surface area contributed by atoms with Gasteiger partial charge in [0.25, 0.3) is 0 Å². The highest BCUT2D eigenvalue weighted by molar-refractivity contribution is 6.23. The monoisotopic (exact) mass is 507 g/mol. The van der Waals surface area contributed by atoms with Gasteiger partial charge in [0.1, 0.15) is 5.75 Å². The number of aromatic hydroxyl groups is 1. The molecule has 0 radical (unpaired) electrons. The first-order chi connectivity index (χ1) is 18.2. The van der Waals surface area contributed by atoms with E-state index in [1.54, 1.807) is 6.92 Å². The van der Waals surface area contributed by atoms with Crippen LogP contribution >= 0.6 is 0 Å². The van der Waals surface area contributed by atoms with Gasteiger partial charge in [-0.3, -0.25) is 24.1 Å². The minimum absolute atomic E-state index is 0.158. The Morgan fingerprint density at radius 3 is 2.29 bits per heavy atom. The molecule has 38 heavy (non-hydrogen) atoms. The van der Waals surface area contributed by atoms with E-state index >= 15 is 0 Å². The first-order valence-electron chi connectivity index (χ1n) is 13.1. The number of amides is 2. The third-order valence-corrected chi connectivity index (χ3v) is 8.69. The molecule has 0 bridgehead atoms. The molecule has 2 aromatic carbocycles. The molecule has 6 nitrogen and oxygen atoms in total. The van der Waals surface area contributed by atoms with E-state index in [9.17, 15) is 24.3 Å². The van der Waals surface area contributed by atoms with E-state index in [4.69, 9.17) is 0 Å². The number of hydrogen-bond donors (Lipinski definition) is 1. The second-order valence-corrected chi connectivity index (χ2v) is 11.0. The third kappa shape index (κ3) is 3.54. The van der Waals surface area contributed by atoms with Gasteiger partial charge in [-0.05, 0) is 67.9 Å². The van der Waals surface area contributed by atoms with Gasteiger partial charge in [-0.2, -0.15) is 0 Å². The summed E-state index contributed by atoms with van der Waals surface area (Å²) in [7, 11) is 0. The molecule has 192 valence electrons. The lowest BCUT2D eigenvalue weighted by Crippen LogP contribution is -2.39. The Bertz CT molecular complexity index is 1500. The molecular weight excluding hydrogens is 478 g/mol. The number of aryl methyl sites for hydroxylation is 2. The van der Waals surface area contributed by atoms with Crippen LogP contribution in [0.1, 0.15) is 47.9 Å². The van der Waals surface area contributed by atoms with Crippen LogP contribution in [0.25, 0.3) is 0 Å². The standard InChI is InChI=1S/C32H29NO5/c1-16-11-20(12-17(2)29(16)35)26-21-9-10-22-27(23(21)14-24-25(34)13-18(3)30(36)28(24)26)32(38)33(31(22)37)15-19-7-5-4-6-8-19/h4-9,11-13,22-23,26-27,35H,10,14-15H2,1-3H3. The molecule has 2 amide bonds. The van der Waals surface area contributed by atoms with E-state index in [0.717, 1.165) is 16.7 Å². The van der Waals surface area contributed by atoms with Crippen LogP contribution < -0.4 is 0 Å². The van der Waals surface area contributed by atoms with E-state index in [1.807, 2.05) is 62.4 Å². The summed E-state index contributed by atoms with van der Waals surface area (Å²) in [5.41, 5.74) is 5.30. The Kier molecular flexibility index (Phi) is 5.60. The van der Waals surface area contributed by atoms with Crippen molar-refractivity contribution < 1.29 is 24.3 Å². The van der Waals surface area contributed by atoms with Gasteiger partial charge in [-0.25, -0.2) is 0 Å². The van der Waals surface area contributed by atoms with Crippen LogP contribution in [0.4, 0.5) is 0 Å². The summed E-state index contributed by atoms with van der Waals surface area (Å²) in [6, 6.07) is 13.2. The van der Waals surface area contributed by atoms with E-state index in [0.29, 0.717) is 34.3 Å². The van der Waals surface area contributed by atoms with E-state index < -0.39 is 17.8 Å². The zero-order chi connectivity index (χ0) is 26.9. The third-order valence-electron chi connectivity index (χ3n) is 8.69. The summed E-state index contributed by atoms with van der Waals surface area (Å²) in [5, 5.41) is 10.4. The van der Waals surface area contributed by atoms with Crippen molar-refractivity contribution >= 4 is 23.4 Å². The molecule has 1 fully saturated rings. The first kappa shape index (κ1) is 24.3. The zero-order valence-corrected chi connectivity index (χ0v) is 21.7. The van der Waals surface area contributed by atoms with Crippen molar-refractivity contribution in [3.63, 3.8) is 0 Å². The molecule has 4 atom stereocenters. The first-order valence-corrected chi connectivity index (χ1v) is 13.1. The zero-order valence-electron chi connectivity index (χ0n) is 21.7. The molecule has 4 unspecified atom stereocenters. The number of carbonyl (C=O) groups excluding carboxylic acids is 4. The van der Waals surface area contributed by atoms with Crippen molar-refractivity contribution in [2.24, 2.45) is 17.8 Å². The maximum absolute atomic E-state index is 13.8. The predicted octanol–water partition coefficient (Wildman–Crippen LogP) is 4.64. The van der Waals surface area contributed by atoms with Crippen LogP contribution in [0, 0.1) is 31.6 Å². The lowest BCUT2D eigenvalue weighted by molar-refractivity contribution is -0.140. The van der Waals surface area contributed by atoms with Crippen LogP contribution in [0.3, 0.4) is 0 Å². The van der Waals surface area contributed by atoms with Gasteiger partial charge in [0.15, 0.2) is 11.6 Å². The number of ketones is 2. The molecule has 4 aliphatic rings. The van der Waals surface area contributed by atoms with E-state index in [2.05, 4.69) is 0 Å². The molecule has 1 saturated heterocycles. The van der Waals surface area contributed by atoms with Gasteiger partial charge in [0, 0.05) is 22.6 Å². The Hall–Kier alpha value is -4.06. The maximum atomic E-state index is 13.8. The fraction of sp³-hybridized carbons (Fsp3) is 0.312. The van der Waals surface area contributed by atoms with Gasteiger partial charge >= 0.3 is 0 Å². The summed E-state index contributed by atoms with van der Waals surface area (Å²) >= 11 is 0. The molecule has 0 saturated carbocycles. The minimum Gasteiger partial charge on any atom is -0.507 e. The number of allylic oxidation sites excluding steroid dienone is 6. The van der Waals surface area contributed by atoms with Crippen molar-refractivity contribution in [3.05, 3.63) is 99.2 Å². The largest absolute Gasteiger partial charge is 0.507 e. The molecule has 0 aromatic heterocycles. The molecule has 6 heteroatoms. The summed E-state index contributed by atoms with van der Waals surface area (Å²) < 4.78 is 0. The van der Waals surface area contributed by atoms with E-state index in [1.165, 1.54) is 11.0 Å². The molecule has 1 N–H and O–H groups in total. The summed E-state index contributed by atoms with van der Waals surface area (Å²) in [5.74, 6) is -2.45. The number of benzene rings is 2. The highest BCUT2D eigenvalue weighted by Gasteiger charge is 2.56. The molecular formula is C32H29NO5. The lowest BCUT2D eigenvalue weighted by atomic mass is 9.59. The normalized spacial score (nSPS) is 26.7. The number of nitrogens with zero attached hydrogens (tertiary/aromatic N) is 1. The van der Waals surface area contributed by atoms with Crippen LogP contribution in [0.15, 0.2) is 76.9 Å². The van der Waals surface area contributed by atoms with Gasteiger partial charge in [-0.15, -0.1) is 0 Å². The number of fused-ring (bicyclic) bond motifs is 3. The fourth-order valence-corrected chi connectivity index (χ4v) is 6.88. The second-order valence-electron chi connectivity index (χ2n) is 11.0. The number of carbonyl (C=O) groups is 4. The van der Waals surface area contributed by atoms with Crippen molar-refractivity contribution in [1.82, 2.24) is 4.90 Å². The molecule has 1 heterocycles. The summed E-state index contributed by atoms with van der Waals surface area (Å²) in [6.45, 7) is 5.51. The quantitative estimate of drug-likeness (QED) is 0.371. The summed E-state index contributed by atoms with van der Waals surface area (Å²) in [4.78, 5) is 55.4. The Labute approximate surface area is 221 Å². The molecule has 2 aromatic rings. The molecule has 1 aliphatic heterocycles. The van der Waals surface area contributed by atoms with Gasteiger partial charge < -0.3 is 5.11 Å². The highest BCUT2D eigenvalue weighted by atomic mass is 16.3. The molecule has 3 aliphatic carbocycles. The smallest absolute Gasteiger partial charge is 0.234 e. The number of phenolic OH excluding ortho intramolecular Hbond substituents is 1. The van der Waals surface area contributed by atoms with Crippen LogP contribution in [-0.4, -0.2) is 33.4 Å². The SMILES string of the molecule is CC1=CC(=O)C2=C(C1=O)C(c1cc(C)c(O)c(C)c1)C1=CCC3C(=O)N(Cc4ccccc4)C(=O)C3C1C2. The van der Waals surface area contributed by atoms with Crippen molar-refractivity contribution in [1.29, 1.82) is 0 Å². The highest BCUT2D eigenvalue weighted by Crippen LogP contribution is 2.55. The lowest BCUT2D eigenvalue weighted by Gasteiger charge is -2.42. The number of phenols is 1. The molecule has 6 rings (SSSR count). The number of hydrogen-bond acceptors (Lipinski definition) is 5. The second kappa shape index (κ2) is 8.76. The van der Waals surface area contributed by atoms with Gasteiger partial charge in [0.05, 0.1) is 18.4 Å². The number of imide groups is 1. The van der Waals surface area contributed by atoms with Gasteiger partial charge in [-0.1, -0.05) is 54.1 Å². The minimum atomic E-state index is -0.572. The topological polar surface area (TPSA) is 91.8 Å². The number of Topliss-reactive ketones (excluding diaryl/α,β-unsaturated/α-hetero) is 1.